The summed E-state index contributed by atoms with van der Waals surface area (Å²) in [6, 6.07) is 5.40. The number of carbonyl (C=O) groups excluding carboxylic acids is 1. The first kappa shape index (κ1) is 20.3. The monoisotopic (exact) mass is 384 g/mol. The average Bonchev–Trinajstić information content (AvgIpc) is 2.60. The van der Waals surface area contributed by atoms with Gasteiger partial charge in [-0.2, -0.15) is 4.31 Å². The second-order valence-corrected chi connectivity index (χ2v) is 8.64. The molecule has 9 heteroatoms. The summed E-state index contributed by atoms with van der Waals surface area (Å²) in [6.45, 7) is 2.97. The Kier molecular flexibility index (Phi) is 6.05. The maximum Gasteiger partial charge on any atom is 0.337 e. The van der Waals surface area contributed by atoms with Gasteiger partial charge in [-0.25, -0.2) is 13.2 Å². The van der Waals surface area contributed by atoms with Gasteiger partial charge in [-0.15, -0.1) is 0 Å². The Morgan fingerprint density at radius 3 is 2.42 bits per heavy atom. The van der Waals surface area contributed by atoms with Crippen LogP contribution in [0.3, 0.4) is 0 Å². The summed E-state index contributed by atoms with van der Waals surface area (Å²) in [5.41, 5.74) is -1.90. The standard InChI is InChI=1S/C17H24N2O6S/c1-12-5-3-4-10-19(12)26(24,25)14-8-6-13(7-9-14)15(20)18-11-17(2,23)16(21)22/h6-9,12,23H,3-5,10-11H2,1-2H3,(H,18,20)(H,21,22). The molecule has 0 spiro atoms. The van der Waals surface area contributed by atoms with E-state index in [2.05, 4.69) is 5.32 Å². The number of carboxylic acids is 1. The molecule has 0 aliphatic carbocycles. The topological polar surface area (TPSA) is 124 Å². The molecule has 3 N–H and O–H groups in total. The zero-order valence-corrected chi connectivity index (χ0v) is 15.6. The number of piperidine rings is 1. The lowest BCUT2D eigenvalue weighted by Crippen LogP contribution is -2.46. The highest BCUT2D eigenvalue weighted by Crippen LogP contribution is 2.25. The molecule has 0 radical (unpaired) electrons. The number of aliphatic carboxylic acids is 1. The van der Waals surface area contributed by atoms with Gasteiger partial charge in [-0.1, -0.05) is 6.42 Å². The fraction of sp³-hybridized carbons (Fsp3) is 0.529. The van der Waals surface area contributed by atoms with Crippen LogP contribution in [0, 0.1) is 0 Å². The highest BCUT2D eigenvalue weighted by Gasteiger charge is 2.32. The van der Waals surface area contributed by atoms with Gasteiger partial charge >= 0.3 is 5.97 Å². The van der Waals surface area contributed by atoms with Crippen molar-refractivity contribution in [3.63, 3.8) is 0 Å². The van der Waals surface area contributed by atoms with Crippen molar-refractivity contribution >= 4 is 21.9 Å². The molecule has 8 nitrogen and oxygen atoms in total. The number of amides is 1. The molecule has 1 amide bonds. The predicted octanol–water partition coefficient (Wildman–Crippen LogP) is 0.815. The van der Waals surface area contributed by atoms with E-state index in [4.69, 9.17) is 5.11 Å². The Bertz CT molecular complexity index is 773. The van der Waals surface area contributed by atoms with E-state index in [-0.39, 0.29) is 16.5 Å². The van der Waals surface area contributed by atoms with Crippen molar-refractivity contribution in [2.45, 2.75) is 49.6 Å². The summed E-state index contributed by atoms with van der Waals surface area (Å²) in [7, 11) is -3.62. The molecule has 1 fully saturated rings. The smallest absolute Gasteiger partial charge is 0.337 e. The van der Waals surface area contributed by atoms with Crippen molar-refractivity contribution in [3.05, 3.63) is 29.8 Å². The predicted molar refractivity (Wildman–Crippen MR) is 94.2 cm³/mol. The van der Waals surface area contributed by atoms with Crippen LogP contribution in [0.25, 0.3) is 0 Å². The molecule has 1 heterocycles. The van der Waals surface area contributed by atoms with Gasteiger partial charge in [0.05, 0.1) is 11.4 Å². The van der Waals surface area contributed by atoms with Crippen LogP contribution in [0.1, 0.15) is 43.5 Å². The van der Waals surface area contributed by atoms with Gasteiger partial charge in [0, 0.05) is 18.2 Å². The molecule has 26 heavy (non-hydrogen) atoms. The van der Waals surface area contributed by atoms with Crippen LogP contribution < -0.4 is 5.32 Å². The molecule has 1 aliphatic heterocycles. The van der Waals surface area contributed by atoms with Gasteiger partial charge in [0.25, 0.3) is 5.91 Å². The number of rotatable bonds is 6. The number of hydrogen-bond acceptors (Lipinski definition) is 5. The van der Waals surface area contributed by atoms with Crippen molar-refractivity contribution in [1.82, 2.24) is 9.62 Å². The van der Waals surface area contributed by atoms with Crippen LogP contribution in [0.2, 0.25) is 0 Å². The average molecular weight is 384 g/mol. The van der Waals surface area contributed by atoms with Gasteiger partial charge in [-0.3, -0.25) is 4.79 Å². The van der Waals surface area contributed by atoms with Crippen molar-refractivity contribution in [2.24, 2.45) is 0 Å². The highest BCUT2D eigenvalue weighted by atomic mass is 32.2. The van der Waals surface area contributed by atoms with E-state index >= 15 is 0 Å². The molecule has 2 rings (SSSR count). The number of nitrogens with one attached hydrogen (secondary N) is 1. The Hall–Kier alpha value is -1.97. The molecule has 0 aromatic heterocycles. The van der Waals surface area contributed by atoms with E-state index in [9.17, 15) is 23.1 Å². The molecular weight excluding hydrogens is 360 g/mol. The number of sulfonamides is 1. The number of hydrogen-bond donors (Lipinski definition) is 3. The van der Waals surface area contributed by atoms with E-state index < -0.39 is 34.0 Å². The van der Waals surface area contributed by atoms with Gasteiger partial charge in [0.15, 0.2) is 5.60 Å². The van der Waals surface area contributed by atoms with Crippen molar-refractivity contribution in [1.29, 1.82) is 0 Å². The quantitative estimate of drug-likeness (QED) is 0.667. The fourth-order valence-electron chi connectivity index (χ4n) is 2.77. The number of benzene rings is 1. The van der Waals surface area contributed by atoms with Crippen LogP contribution in [-0.2, 0) is 14.8 Å². The third kappa shape index (κ3) is 4.40. The molecule has 0 saturated carbocycles. The molecule has 2 unspecified atom stereocenters. The van der Waals surface area contributed by atoms with E-state index in [0.29, 0.717) is 6.54 Å². The first-order chi connectivity index (χ1) is 12.1. The van der Waals surface area contributed by atoms with Crippen LogP contribution in [0.5, 0.6) is 0 Å². The summed E-state index contributed by atoms with van der Waals surface area (Å²) < 4.78 is 27.0. The summed E-state index contributed by atoms with van der Waals surface area (Å²) in [4.78, 5) is 23.0. The third-order valence-electron chi connectivity index (χ3n) is 4.52. The molecule has 1 aromatic rings. The maximum atomic E-state index is 12.7. The molecule has 144 valence electrons. The number of aliphatic hydroxyl groups is 1. The lowest BCUT2D eigenvalue weighted by atomic mass is 10.1. The number of carboxylic acid groups (broad SMARTS) is 1. The Morgan fingerprint density at radius 2 is 1.88 bits per heavy atom. The Morgan fingerprint density at radius 1 is 1.27 bits per heavy atom. The minimum Gasteiger partial charge on any atom is -0.479 e. The van der Waals surface area contributed by atoms with Crippen LogP contribution >= 0.6 is 0 Å². The number of nitrogens with zero attached hydrogens (tertiary/aromatic N) is 1. The van der Waals surface area contributed by atoms with E-state index in [0.717, 1.165) is 26.2 Å². The summed E-state index contributed by atoms with van der Waals surface area (Å²) in [5.74, 6) is -2.04. The summed E-state index contributed by atoms with van der Waals surface area (Å²) >= 11 is 0. The van der Waals surface area contributed by atoms with Gasteiger partial charge < -0.3 is 15.5 Å². The normalized spacial score (nSPS) is 21.0. The highest BCUT2D eigenvalue weighted by molar-refractivity contribution is 7.89. The van der Waals surface area contributed by atoms with Crippen molar-refractivity contribution in [2.75, 3.05) is 13.1 Å². The van der Waals surface area contributed by atoms with E-state index in [1.165, 1.54) is 28.6 Å². The fourth-order valence-corrected chi connectivity index (χ4v) is 4.47. The minimum absolute atomic E-state index is 0.0602. The van der Waals surface area contributed by atoms with Crippen LogP contribution in [-0.4, -0.2) is 59.5 Å². The lowest BCUT2D eigenvalue weighted by molar-refractivity contribution is -0.155. The Labute approximate surface area is 152 Å². The second-order valence-electron chi connectivity index (χ2n) is 6.75. The van der Waals surface area contributed by atoms with Gasteiger partial charge in [0.1, 0.15) is 0 Å². The molecule has 1 aromatic carbocycles. The van der Waals surface area contributed by atoms with Gasteiger partial charge in [-0.05, 0) is 51.0 Å². The van der Waals surface area contributed by atoms with Crippen LogP contribution in [0.15, 0.2) is 29.2 Å². The maximum absolute atomic E-state index is 12.7. The molecule has 1 saturated heterocycles. The molecular formula is C17H24N2O6S. The first-order valence-electron chi connectivity index (χ1n) is 8.41. The van der Waals surface area contributed by atoms with Crippen LogP contribution in [0.4, 0.5) is 0 Å². The summed E-state index contributed by atoms with van der Waals surface area (Å²) in [6.07, 6.45) is 2.66. The molecule has 2 atom stereocenters. The largest absolute Gasteiger partial charge is 0.479 e. The molecule has 0 bridgehead atoms. The van der Waals surface area contributed by atoms with Crippen molar-refractivity contribution < 1.29 is 28.2 Å². The number of carbonyl (C=O) groups is 2. The third-order valence-corrected chi connectivity index (χ3v) is 6.55. The zero-order chi connectivity index (χ0) is 19.5. The first-order valence-corrected chi connectivity index (χ1v) is 9.85. The Balaban J connectivity index is 2.10. The van der Waals surface area contributed by atoms with Gasteiger partial charge in [0.2, 0.25) is 10.0 Å². The second kappa shape index (κ2) is 7.73. The molecule has 1 aliphatic rings. The SMILES string of the molecule is CC1CCCCN1S(=O)(=O)c1ccc(C(=O)NCC(C)(O)C(=O)O)cc1. The zero-order valence-electron chi connectivity index (χ0n) is 14.8. The minimum atomic E-state index is -3.62. The lowest BCUT2D eigenvalue weighted by Gasteiger charge is -2.32. The van der Waals surface area contributed by atoms with Crippen molar-refractivity contribution in [3.8, 4) is 0 Å². The van der Waals surface area contributed by atoms with E-state index in [1.54, 1.807) is 0 Å². The summed E-state index contributed by atoms with van der Waals surface area (Å²) in [5, 5.41) is 20.8. The van der Waals surface area contributed by atoms with E-state index in [1.807, 2.05) is 6.92 Å².